The van der Waals surface area contributed by atoms with Crippen molar-refractivity contribution in [3.63, 3.8) is 0 Å². The molecule has 1 saturated heterocycles. The fourth-order valence-corrected chi connectivity index (χ4v) is 2.09. The molecule has 118 valence electrons. The van der Waals surface area contributed by atoms with Crippen LogP contribution in [-0.2, 0) is 4.74 Å². The summed E-state index contributed by atoms with van der Waals surface area (Å²) in [6.45, 7) is 5.40. The summed E-state index contributed by atoms with van der Waals surface area (Å²) >= 11 is 6.05. The van der Waals surface area contributed by atoms with Gasteiger partial charge >= 0.3 is 0 Å². The van der Waals surface area contributed by atoms with Gasteiger partial charge in [0.05, 0.1) is 24.8 Å². The van der Waals surface area contributed by atoms with E-state index in [0.29, 0.717) is 36.5 Å². The van der Waals surface area contributed by atoms with Crippen LogP contribution in [0.1, 0.15) is 6.92 Å². The molecule has 2 N–H and O–H groups in total. The predicted octanol–water partition coefficient (Wildman–Crippen LogP) is 2.37. The van der Waals surface area contributed by atoms with Gasteiger partial charge in [-0.3, -0.25) is 0 Å². The number of nitrogens with two attached hydrogens (primary N) is 1. The monoisotopic (exact) mass is 425 g/mol. The van der Waals surface area contributed by atoms with Gasteiger partial charge in [0.1, 0.15) is 11.9 Å². The Balaban J connectivity index is 0.00000220. The third-order valence-electron chi connectivity index (χ3n) is 3.01. The summed E-state index contributed by atoms with van der Waals surface area (Å²) in [7, 11) is 0. The second kappa shape index (κ2) is 9.32. The SMILES string of the molecule is CC(CN=C(N)N1CCOCC1)Oc1ccccc1Cl.I. The van der Waals surface area contributed by atoms with E-state index >= 15 is 0 Å². The molecule has 0 amide bonds. The average molecular weight is 426 g/mol. The molecule has 5 nitrogen and oxygen atoms in total. The zero-order valence-electron chi connectivity index (χ0n) is 12.0. The van der Waals surface area contributed by atoms with Crippen LogP contribution in [0, 0.1) is 0 Å². The molecule has 21 heavy (non-hydrogen) atoms. The molecular formula is C14H21ClIN3O2. The molecule has 1 fully saturated rings. The highest BCUT2D eigenvalue weighted by Crippen LogP contribution is 2.24. The van der Waals surface area contributed by atoms with Crippen LogP contribution in [-0.4, -0.2) is 49.8 Å². The first-order valence-electron chi connectivity index (χ1n) is 6.70. The molecule has 1 atom stereocenters. The number of halogens is 2. The number of hydrogen-bond donors (Lipinski definition) is 1. The first kappa shape index (κ1) is 18.3. The van der Waals surface area contributed by atoms with E-state index in [1.54, 1.807) is 6.07 Å². The van der Waals surface area contributed by atoms with Crippen LogP contribution in [0.2, 0.25) is 5.02 Å². The van der Waals surface area contributed by atoms with Gasteiger partial charge in [0, 0.05) is 13.1 Å². The number of guanidine groups is 1. The van der Waals surface area contributed by atoms with Crippen LogP contribution in [0.3, 0.4) is 0 Å². The Hall–Kier alpha value is -0.730. The lowest BCUT2D eigenvalue weighted by molar-refractivity contribution is 0.0673. The van der Waals surface area contributed by atoms with E-state index in [9.17, 15) is 0 Å². The van der Waals surface area contributed by atoms with Gasteiger partial charge in [-0.25, -0.2) is 4.99 Å². The number of nitrogens with zero attached hydrogens (tertiary/aromatic N) is 2. The highest BCUT2D eigenvalue weighted by Gasteiger charge is 2.13. The molecule has 0 radical (unpaired) electrons. The van der Waals surface area contributed by atoms with Gasteiger partial charge in [-0.05, 0) is 19.1 Å². The van der Waals surface area contributed by atoms with Crippen molar-refractivity contribution in [2.75, 3.05) is 32.8 Å². The van der Waals surface area contributed by atoms with Gasteiger partial charge in [0.2, 0.25) is 0 Å². The molecule has 0 aliphatic carbocycles. The molecule has 0 spiro atoms. The Kier molecular flexibility index (Phi) is 8.13. The minimum absolute atomic E-state index is 0. The summed E-state index contributed by atoms with van der Waals surface area (Å²) < 4.78 is 11.0. The van der Waals surface area contributed by atoms with E-state index in [4.69, 9.17) is 26.8 Å². The molecule has 0 saturated carbocycles. The molecular weight excluding hydrogens is 405 g/mol. The van der Waals surface area contributed by atoms with Gasteiger partial charge in [-0.1, -0.05) is 23.7 Å². The molecule has 1 aromatic rings. The molecule has 1 aromatic carbocycles. The van der Waals surface area contributed by atoms with Crippen LogP contribution < -0.4 is 10.5 Å². The summed E-state index contributed by atoms with van der Waals surface area (Å²) in [5.41, 5.74) is 5.96. The van der Waals surface area contributed by atoms with Crippen molar-refractivity contribution in [1.29, 1.82) is 0 Å². The summed E-state index contributed by atoms with van der Waals surface area (Å²) in [6.07, 6.45) is -0.0884. The standard InChI is InChI=1S/C14H20ClN3O2.HI/c1-11(20-13-5-3-2-4-12(13)15)10-17-14(16)18-6-8-19-9-7-18;/h2-5,11H,6-10H2,1H3,(H2,16,17);1H. The van der Waals surface area contributed by atoms with Gasteiger partial charge in [0.25, 0.3) is 0 Å². The van der Waals surface area contributed by atoms with Gasteiger partial charge in [0.15, 0.2) is 5.96 Å². The van der Waals surface area contributed by atoms with E-state index < -0.39 is 0 Å². The number of ether oxygens (including phenoxy) is 2. The second-order valence-corrected chi connectivity index (χ2v) is 5.06. The lowest BCUT2D eigenvalue weighted by atomic mass is 10.3. The quantitative estimate of drug-likeness (QED) is 0.457. The molecule has 7 heteroatoms. The predicted molar refractivity (Wildman–Crippen MR) is 95.8 cm³/mol. The van der Waals surface area contributed by atoms with E-state index in [2.05, 4.69) is 4.99 Å². The Morgan fingerprint density at radius 1 is 1.43 bits per heavy atom. The maximum atomic E-state index is 6.05. The van der Waals surface area contributed by atoms with Crippen LogP contribution >= 0.6 is 35.6 Å². The topological polar surface area (TPSA) is 60.1 Å². The van der Waals surface area contributed by atoms with E-state index in [1.165, 1.54) is 0 Å². The van der Waals surface area contributed by atoms with Crippen molar-refractivity contribution in [3.05, 3.63) is 29.3 Å². The Morgan fingerprint density at radius 2 is 2.10 bits per heavy atom. The minimum Gasteiger partial charge on any atom is -0.487 e. The van der Waals surface area contributed by atoms with Crippen LogP contribution in [0.15, 0.2) is 29.3 Å². The number of rotatable bonds is 4. The molecule has 1 unspecified atom stereocenters. The van der Waals surface area contributed by atoms with E-state index in [0.717, 1.165) is 13.1 Å². The van der Waals surface area contributed by atoms with Gasteiger partial charge in [-0.2, -0.15) is 0 Å². The van der Waals surface area contributed by atoms with Crippen molar-refractivity contribution >= 4 is 41.5 Å². The number of morpholine rings is 1. The lowest BCUT2D eigenvalue weighted by Gasteiger charge is -2.27. The number of aliphatic imine (C=N–C) groups is 1. The Bertz CT molecular complexity index is 467. The average Bonchev–Trinajstić information content (AvgIpc) is 2.48. The van der Waals surface area contributed by atoms with E-state index in [-0.39, 0.29) is 30.1 Å². The molecule has 0 aromatic heterocycles. The van der Waals surface area contributed by atoms with Crippen molar-refractivity contribution in [1.82, 2.24) is 4.90 Å². The maximum absolute atomic E-state index is 6.05. The van der Waals surface area contributed by atoms with Crippen molar-refractivity contribution in [2.24, 2.45) is 10.7 Å². The van der Waals surface area contributed by atoms with Crippen LogP contribution in [0.25, 0.3) is 0 Å². The third-order valence-corrected chi connectivity index (χ3v) is 3.32. The molecule has 2 rings (SSSR count). The highest BCUT2D eigenvalue weighted by molar-refractivity contribution is 14.0. The molecule has 1 aliphatic heterocycles. The van der Waals surface area contributed by atoms with Crippen molar-refractivity contribution in [3.8, 4) is 5.75 Å². The van der Waals surface area contributed by atoms with Crippen LogP contribution in [0.5, 0.6) is 5.75 Å². The molecule has 1 heterocycles. The summed E-state index contributed by atoms with van der Waals surface area (Å²) in [4.78, 5) is 6.39. The largest absolute Gasteiger partial charge is 0.487 e. The fourth-order valence-electron chi connectivity index (χ4n) is 1.91. The minimum atomic E-state index is -0.0884. The zero-order chi connectivity index (χ0) is 14.4. The van der Waals surface area contributed by atoms with Gasteiger partial charge < -0.3 is 20.1 Å². The number of hydrogen-bond acceptors (Lipinski definition) is 3. The van der Waals surface area contributed by atoms with E-state index in [1.807, 2.05) is 30.0 Å². The molecule has 1 aliphatic rings. The summed E-state index contributed by atoms with van der Waals surface area (Å²) in [5.74, 6) is 1.21. The molecule has 0 bridgehead atoms. The lowest BCUT2D eigenvalue weighted by Crippen LogP contribution is -2.45. The summed E-state index contributed by atoms with van der Waals surface area (Å²) in [5, 5.41) is 0.601. The van der Waals surface area contributed by atoms with Gasteiger partial charge in [-0.15, -0.1) is 24.0 Å². The maximum Gasteiger partial charge on any atom is 0.191 e. The number of benzene rings is 1. The highest BCUT2D eigenvalue weighted by atomic mass is 127. The fraction of sp³-hybridized carbons (Fsp3) is 0.500. The first-order chi connectivity index (χ1) is 9.66. The number of para-hydroxylation sites is 1. The zero-order valence-corrected chi connectivity index (χ0v) is 15.1. The van der Waals surface area contributed by atoms with Crippen molar-refractivity contribution < 1.29 is 9.47 Å². The second-order valence-electron chi connectivity index (χ2n) is 4.66. The Morgan fingerprint density at radius 3 is 2.76 bits per heavy atom. The Labute approximate surface area is 147 Å². The summed E-state index contributed by atoms with van der Waals surface area (Å²) in [6, 6.07) is 7.40. The smallest absolute Gasteiger partial charge is 0.191 e. The third kappa shape index (κ3) is 5.88. The van der Waals surface area contributed by atoms with Crippen molar-refractivity contribution in [2.45, 2.75) is 13.0 Å². The first-order valence-corrected chi connectivity index (χ1v) is 7.08. The van der Waals surface area contributed by atoms with Crippen LogP contribution in [0.4, 0.5) is 0 Å². The normalized spacial score (nSPS) is 17.0.